The number of halogens is 1. The van der Waals surface area contributed by atoms with Crippen LogP contribution in [0.2, 0.25) is 0 Å². The number of hydrogen-bond acceptors (Lipinski definition) is 5. The molecule has 19 heavy (non-hydrogen) atoms. The molecule has 0 saturated heterocycles. The molecule has 1 aromatic heterocycles. The second kappa shape index (κ2) is 5.66. The van der Waals surface area contributed by atoms with Gasteiger partial charge in [-0.1, -0.05) is 27.2 Å². The Balaban J connectivity index is 2.41. The molecule has 3 N–H and O–H groups in total. The molecule has 0 atom stereocenters. The van der Waals surface area contributed by atoms with Gasteiger partial charge in [0.1, 0.15) is 5.75 Å². The van der Waals surface area contributed by atoms with Crippen LogP contribution in [0.25, 0.3) is 0 Å². The zero-order valence-electron chi connectivity index (χ0n) is 10.0. The molecule has 1 aromatic carbocycles. The molecule has 0 aliphatic carbocycles. The molecule has 0 amide bonds. The Kier molecular flexibility index (Phi) is 3.96. The van der Waals surface area contributed by atoms with Crippen LogP contribution >= 0.6 is 15.9 Å². The van der Waals surface area contributed by atoms with Gasteiger partial charge in [-0.15, -0.1) is 5.10 Å². The monoisotopic (exact) mass is 322 g/mol. The van der Waals surface area contributed by atoms with Crippen LogP contribution in [-0.2, 0) is 0 Å². The molecule has 0 unspecified atom stereocenters. The first-order chi connectivity index (χ1) is 9.11. The van der Waals surface area contributed by atoms with E-state index in [4.69, 9.17) is 15.7 Å². The molecule has 6 nitrogen and oxygen atoms in total. The summed E-state index contributed by atoms with van der Waals surface area (Å²) in [5, 5.41) is 19.3. The third-order valence-corrected chi connectivity index (χ3v) is 2.92. The first-order valence-corrected chi connectivity index (χ1v) is 6.14. The van der Waals surface area contributed by atoms with Crippen LogP contribution in [0, 0.1) is 6.92 Å². The Morgan fingerprint density at radius 3 is 2.95 bits per heavy atom. The predicted molar refractivity (Wildman–Crippen MR) is 73.5 cm³/mol. The van der Waals surface area contributed by atoms with E-state index in [1.807, 2.05) is 19.1 Å². The van der Waals surface area contributed by atoms with Crippen molar-refractivity contribution in [2.75, 3.05) is 0 Å². The smallest absolute Gasteiger partial charge is 0.250 e. The van der Waals surface area contributed by atoms with Crippen molar-refractivity contribution in [3.63, 3.8) is 0 Å². The second-order valence-corrected chi connectivity index (χ2v) is 4.66. The van der Waals surface area contributed by atoms with Crippen molar-refractivity contribution in [1.29, 1.82) is 0 Å². The molecule has 0 saturated carbocycles. The molecule has 2 aromatic rings. The second-order valence-electron chi connectivity index (χ2n) is 3.75. The van der Waals surface area contributed by atoms with Crippen LogP contribution in [0.15, 0.2) is 40.1 Å². The zero-order valence-corrected chi connectivity index (χ0v) is 11.6. The average molecular weight is 323 g/mol. The Labute approximate surface area is 118 Å². The number of oxime groups is 1. The average Bonchev–Trinajstić information content (AvgIpc) is 2.42. The van der Waals surface area contributed by atoms with Crippen molar-refractivity contribution in [2.45, 2.75) is 6.92 Å². The summed E-state index contributed by atoms with van der Waals surface area (Å²) in [6.07, 6.45) is 1.44. The van der Waals surface area contributed by atoms with Crippen LogP contribution in [-0.4, -0.2) is 21.2 Å². The molecule has 0 spiro atoms. The fourth-order valence-corrected chi connectivity index (χ4v) is 1.77. The van der Waals surface area contributed by atoms with Gasteiger partial charge in [-0.2, -0.15) is 5.10 Å². The molecule has 7 heteroatoms. The van der Waals surface area contributed by atoms with Crippen LogP contribution in [0.5, 0.6) is 11.6 Å². The molecule has 1 heterocycles. The summed E-state index contributed by atoms with van der Waals surface area (Å²) in [5.74, 6) is 0.707. The fraction of sp³-hybridized carbons (Fsp3) is 0.0833. The molecular formula is C12H11BrN4O2. The Hall–Kier alpha value is -2.15. The quantitative estimate of drug-likeness (QED) is 0.392. The highest BCUT2D eigenvalue weighted by Crippen LogP contribution is 2.28. The summed E-state index contributed by atoms with van der Waals surface area (Å²) in [6.45, 7) is 1.90. The van der Waals surface area contributed by atoms with Gasteiger partial charge in [-0.3, -0.25) is 0 Å². The van der Waals surface area contributed by atoms with E-state index in [1.165, 1.54) is 6.20 Å². The lowest BCUT2D eigenvalue weighted by Gasteiger charge is -2.10. The lowest BCUT2D eigenvalue weighted by Crippen LogP contribution is -2.15. The maximum Gasteiger partial charge on any atom is 0.250 e. The molecule has 0 aliphatic heterocycles. The maximum atomic E-state index is 8.73. The standard InChI is InChI=1S/C12H11BrN4O2/c1-7-2-3-8(13)6-10(7)19-12-9(11(14)17-18)4-5-15-16-12/h2-6,18H,1H3,(H2,14,17). The van der Waals surface area contributed by atoms with Gasteiger partial charge >= 0.3 is 0 Å². The van der Waals surface area contributed by atoms with Gasteiger partial charge in [-0.25, -0.2) is 0 Å². The number of hydrogen-bond donors (Lipinski definition) is 2. The molecule has 0 aliphatic rings. The van der Waals surface area contributed by atoms with Gasteiger partial charge in [0.15, 0.2) is 5.84 Å². The summed E-state index contributed by atoms with van der Waals surface area (Å²) in [4.78, 5) is 0. The van der Waals surface area contributed by atoms with E-state index in [0.717, 1.165) is 10.0 Å². The van der Waals surface area contributed by atoms with E-state index in [0.29, 0.717) is 11.3 Å². The molecular weight excluding hydrogens is 312 g/mol. The SMILES string of the molecule is Cc1ccc(Br)cc1Oc1nnccc1/C(N)=N/O. The van der Waals surface area contributed by atoms with Gasteiger partial charge in [0, 0.05) is 4.47 Å². The molecule has 2 rings (SSSR count). The normalized spacial score (nSPS) is 11.4. The maximum absolute atomic E-state index is 8.73. The number of aryl methyl sites for hydroxylation is 1. The van der Waals surface area contributed by atoms with Crippen molar-refractivity contribution < 1.29 is 9.94 Å². The highest BCUT2D eigenvalue weighted by Gasteiger charge is 2.12. The van der Waals surface area contributed by atoms with Crippen LogP contribution in [0.3, 0.4) is 0 Å². The third-order valence-electron chi connectivity index (χ3n) is 2.43. The summed E-state index contributed by atoms with van der Waals surface area (Å²) in [7, 11) is 0. The number of nitrogens with two attached hydrogens (primary N) is 1. The van der Waals surface area contributed by atoms with Gasteiger partial charge in [0.25, 0.3) is 0 Å². The molecule has 0 bridgehead atoms. The minimum absolute atomic E-state index is 0.0856. The highest BCUT2D eigenvalue weighted by molar-refractivity contribution is 9.10. The Morgan fingerprint density at radius 1 is 1.42 bits per heavy atom. The van der Waals surface area contributed by atoms with E-state index < -0.39 is 0 Å². The van der Waals surface area contributed by atoms with E-state index in [9.17, 15) is 0 Å². The van der Waals surface area contributed by atoms with Crippen molar-refractivity contribution in [2.24, 2.45) is 10.9 Å². The van der Waals surface area contributed by atoms with Crippen molar-refractivity contribution >= 4 is 21.8 Å². The van der Waals surface area contributed by atoms with E-state index >= 15 is 0 Å². The molecule has 98 valence electrons. The zero-order chi connectivity index (χ0) is 13.8. The number of aromatic nitrogens is 2. The summed E-state index contributed by atoms with van der Waals surface area (Å²) >= 11 is 3.37. The van der Waals surface area contributed by atoms with E-state index in [2.05, 4.69) is 31.3 Å². The molecule has 0 radical (unpaired) electrons. The lowest BCUT2D eigenvalue weighted by molar-refractivity contribution is 0.318. The lowest BCUT2D eigenvalue weighted by atomic mass is 10.2. The Morgan fingerprint density at radius 2 is 2.21 bits per heavy atom. The Bertz CT molecular complexity index is 631. The van der Waals surface area contributed by atoms with Gasteiger partial charge in [0.2, 0.25) is 5.88 Å². The summed E-state index contributed by atoms with van der Waals surface area (Å²) in [6, 6.07) is 7.17. The number of rotatable bonds is 3. The number of nitrogens with zero attached hydrogens (tertiary/aromatic N) is 3. The number of ether oxygens (including phenoxy) is 1. The van der Waals surface area contributed by atoms with E-state index in [1.54, 1.807) is 12.1 Å². The number of amidine groups is 1. The molecule has 0 fully saturated rings. The third kappa shape index (κ3) is 3.00. The van der Waals surface area contributed by atoms with Crippen molar-refractivity contribution in [3.05, 3.63) is 46.1 Å². The highest BCUT2D eigenvalue weighted by atomic mass is 79.9. The summed E-state index contributed by atoms with van der Waals surface area (Å²) in [5.41, 5.74) is 6.86. The first-order valence-electron chi connectivity index (χ1n) is 5.35. The van der Waals surface area contributed by atoms with Crippen LogP contribution in [0.4, 0.5) is 0 Å². The predicted octanol–water partition coefficient (Wildman–Crippen LogP) is 2.43. The number of benzene rings is 1. The van der Waals surface area contributed by atoms with E-state index in [-0.39, 0.29) is 11.7 Å². The van der Waals surface area contributed by atoms with Crippen molar-refractivity contribution in [3.8, 4) is 11.6 Å². The van der Waals surface area contributed by atoms with Crippen molar-refractivity contribution in [1.82, 2.24) is 10.2 Å². The van der Waals surface area contributed by atoms with Gasteiger partial charge in [-0.05, 0) is 30.7 Å². The van der Waals surface area contributed by atoms with Gasteiger partial charge < -0.3 is 15.7 Å². The van der Waals surface area contributed by atoms with Crippen LogP contribution < -0.4 is 10.5 Å². The largest absolute Gasteiger partial charge is 0.437 e. The minimum Gasteiger partial charge on any atom is -0.437 e. The van der Waals surface area contributed by atoms with Crippen LogP contribution in [0.1, 0.15) is 11.1 Å². The first kappa shape index (κ1) is 13.3. The minimum atomic E-state index is -0.0856. The van der Waals surface area contributed by atoms with Gasteiger partial charge in [0.05, 0.1) is 11.8 Å². The topological polar surface area (TPSA) is 93.6 Å². The summed E-state index contributed by atoms with van der Waals surface area (Å²) < 4.78 is 6.55. The fourth-order valence-electron chi connectivity index (χ4n) is 1.43.